The van der Waals surface area contributed by atoms with Gasteiger partial charge in [0.05, 0.1) is 13.2 Å². The first-order valence-electron chi connectivity index (χ1n) is 10.9. The van der Waals surface area contributed by atoms with Crippen molar-refractivity contribution in [2.24, 2.45) is 0 Å². The highest BCUT2D eigenvalue weighted by molar-refractivity contribution is 6.30. The van der Waals surface area contributed by atoms with E-state index in [0.29, 0.717) is 22.1 Å². The van der Waals surface area contributed by atoms with E-state index < -0.39 is 11.9 Å². The summed E-state index contributed by atoms with van der Waals surface area (Å²) >= 11 is 6.17. The van der Waals surface area contributed by atoms with E-state index >= 15 is 0 Å². The molecule has 1 heterocycles. The summed E-state index contributed by atoms with van der Waals surface area (Å²) in [6.45, 7) is 5.63. The van der Waals surface area contributed by atoms with Gasteiger partial charge in [-0.05, 0) is 56.2 Å². The predicted octanol–water partition coefficient (Wildman–Crippen LogP) is 4.46. The average molecular weight is 488 g/mol. The fourth-order valence-electron chi connectivity index (χ4n) is 3.06. The van der Waals surface area contributed by atoms with Gasteiger partial charge in [0, 0.05) is 10.6 Å². The van der Waals surface area contributed by atoms with Gasteiger partial charge in [0.25, 0.3) is 0 Å². The maximum Gasteiger partial charge on any atom is 0.361 e. The van der Waals surface area contributed by atoms with Crippen LogP contribution in [-0.2, 0) is 29.2 Å². The molecule has 0 aliphatic carbocycles. The standard InChI is InChI=1S/C24H26ClN3O6/c1-4-16-7-10-19(11-8-16)33-14-17-13-18(25)9-12-20(17)34-15-28-22(24(30)32-6-3)21(26-27-28)23(29)31-5-2/h7-13H,4-6,14-15H2,1-3H3. The number of nitrogens with zero attached hydrogens (tertiary/aromatic N) is 3. The third kappa shape index (κ3) is 6.26. The number of esters is 2. The normalized spacial score (nSPS) is 10.6. The summed E-state index contributed by atoms with van der Waals surface area (Å²) < 4.78 is 22.9. The Morgan fingerprint density at radius 1 is 0.941 bits per heavy atom. The van der Waals surface area contributed by atoms with Crippen molar-refractivity contribution in [1.29, 1.82) is 0 Å². The molecule has 34 heavy (non-hydrogen) atoms. The molecule has 0 fully saturated rings. The van der Waals surface area contributed by atoms with Gasteiger partial charge in [-0.2, -0.15) is 0 Å². The van der Waals surface area contributed by atoms with E-state index in [1.54, 1.807) is 32.0 Å². The maximum atomic E-state index is 12.5. The Morgan fingerprint density at radius 2 is 1.65 bits per heavy atom. The number of aryl methyl sites for hydroxylation is 1. The summed E-state index contributed by atoms with van der Waals surface area (Å²) in [4.78, 5) is 24.7. The van der Waals surface area contributed by atoms with Crippen LogP contribution in [0.4, 0.5) is 0 Å². The fourth-order valence-corrected chi connectivity index (χ4v) is 3.25. The lowest BCUT2D eigenvalue weighted by molar-refractivity contribution is 0.0461. The molecule has 10 heteroatoms. The Hall–Kier alpha value is -3.59. The summed E-state index contributed by atoms with van der Waals surface area (Å²) in [6, 6.07) is 12.9. The third-order valence-electron chi connectivity index (χ3n) is 4.76. The molecule has 0 unspecified atom stereocenters. The summed E-state index contributed by atoms with van der Waals surface area (Å²) in [5.41, 5.74) is 1.52. The Morgan fingerprint density at radius 3 is 2.32 bits per heavy atom. The van der Waals surface area contributed by atoms with Crippen molar-refractivity contribution in [3.8, 4) is 11.5 Å². The topological polar surface area (TPSA) is 102 Å². The van der Waals surface area contributed by atoms with Gasteiger partial charge in [0.1, 0.15) is 18.1 Å². The summed E-state index contributed by atoms with van der Waals surface area (Å²) in [6.07, 6.45) is 0.945. The van der Waals surface area contributed by atoms with Crippen LogP contribution in [0.15, 0.2) is 42.5 Å². The van der Waals surface area contributed by atoms with Crippen LogP contribution in [0.2, 0.25) is 5.02 Å². The number of carbonyl (C=O) groups excluding carboxylic acids is 2. The molecule has 0 aliphatic heterocycles. The predicted molar refractivity (Wildman–Crippen MR) is 124 cm³/mol. The molecule has 180 valence electrons. The molecule has 0 spiro atoms. The third-order valence-corrected chi connectivity index (χ3v) is 5.00. The smallest absolute Gasteiger partial charge is 0.361 e. The molecule has 9 nitrogen and oxygen atoms in total. The molecule has 0 saturated carbocycles. The largest absolute Gasteiger partial charge is 0.489 e. The van der Waals surface area contributed by atoms with Crippen LogP contribution < -0.4 is 9.47 Å². The number of carbonyl (C=O) groups is 2. The zero-order chi connectivity index (χ0) is 24.5. The van der Waals surface area contributed by atoms with Gasteiger partial charge in [0.15, 0.2) is 12.4 Å². The second-order valence-electron chi connectivity index (χ2n) is 7.04. The van der Waals surface area contributed by atoms with Crippen LogP contribution in [0.1, 0.15) is 52.9 Å². The summed E-state index contributed by atoms with van der Waals surface area (Å²) in [5, 5.41) is 8.18. The van der Waals surface area contributed by atoms with Crippen molar-refractivity contribution < 1.29 is 28.5 Å². The number of benzene rings is 2. The molecule has 2 aromatic carbocycles. The highest BCUT2D eigenvalue weighted by Crippen LogP contribution is 2.25. The van der Waals surface area contributed by atoms with E-state index in [0.717, 1.165) is 11.1 Å². The lowest BCUT2D eigenvalue weighted by atomic mass is 10.2. The van der Waals surface area contributed by atoms with E-state index in [-0.39, 0.29) is 37.9 Å². The monoisotopic (exact) mass is 487 g/mol. The van der Waals surface area contributed by atoms with Crippen LogP contribution >= 0.6 is 11.6 Å². The van der Waals surface area contributed by atoms with Crippen molar-refractivity contribution in [3.63, 3.8) is 0 Å². The van der Waals surface area contributed by atoms with Gasteiger partial charge in [-0.1, -0.05) is 35.9 Å². The summed E-state index contributed by atoms with van der Waals surface area (Å²) in [5.74, 6) is -0.346. The van der Waals surface area contributed by atoms with E-state index in [2.05, 4.69) is 17.2 Å². The highest BCUT2D eigenvalue weighted by atomic mass is 35.5. The zero-order valence-corrected chi connectivity index (χ0v) is 20.0. The molecule has 0 atom stereocenters. The number of aromatic nitrogens is 3. The minimum absolute atomic E-state index is 0.116. The highest BCUT2D eigenvalue weighted by Gasteiger charge is 2.28. The Bertz CT molecular complexity index is 1130. The van der Waals surface area contributed by atoms with Crippen molar-refractivity contribution in [3.05, 3.63) is 70.0 Å². The number of rotatable bonds is 11. The molecule has 0 amide bonds. The Kier molecular flexibility index (Phi) is 8.86. The van der Waals surface area contributed by atoms with Crippen molar-refractivity contribution in [2.75, 3.05) is 13.2 Å². The quantitative estimate of drug-likeness (QED) is 0.365. The second-order valence-corrected chi connectivity index (χ2v) is 7.48. The minimum Gasteiger partial charge on any atom is -0.489 e. The number of hydrogen-bond donors (Lipinski definition) is 0. The first-order valence-corrected chi connectivity index (χ1v) is 11.2. The zero-order valence-electron chi connectivity index (χ0n) is 19.2. The van der Waals surface area contributed by atoms with Crippen LogP contribution in [0.25, 0.3) is 0 Å². The molecule has 0 bridgehead atoms. The second kappa shape index (κ2) is 12.0. The van der Waals surface area contributed by atoms with Gasteiger partial charge in [0.2, 0.25) is 5.69 Å². The van der Waals surface area contributed by atoms with Crippen LogP contribution in [-0.4, -0.2) is 40.1 Å². The van der Waals surface area contributed by atoms with Crippen LogP contribution in [0.5, 0.6) is 11.5 Å². The SMILES string of the molecule is CCOC(=O)c1nnn(COc2ccc(Cl)cc2COc2ccc(CC)cc2)c1C(=O)OCC. The molecule has 3 rings (SSSR count). The summed E-state index contributed by atoms with van der Waals surface area (Å²) in [7, 11) is 0. The first-order chi connectivity index (χ1) is 16.5. The lowest BCUT2D eigenvalue weighted by Crippen LogP contribution is -2.20. The van der Waals surface area contributed by atoms with Crippen molar-refractivity contribution in [2.45, 2.75) is 40.5 Å². The average Bonchev–Trinajstić information content (AvgIpc) is 3.27. The minimum atomic E-state index is -0.772. The van der Waals surface area contributed by atoms with E-state index in [9.17, 15) is 9.59 Å². The van der Waals surface area contributed by atoms with Gasteiger partial charge in [-0.15, -0.1) is 5.10 Å². The molecule has 0 aliphatic rings. The maximum absolute atomic E-state index is 12.5. The van der Waals surface area contributed by atoms with Gasteiger partial charge in [-0.25, -0.2) is 14.3 Å². The molecule has 0 N–H and O–H groups in total. The van der Waals surface area contributed by atoms with Gasteiger partial charge >= 0.3 is 11.9 Å². The van der Waals surface area contributed by atoms with Crippen molar-refractivity contribution >= 4 is 23.5 Å². The first kappa shape index (κ1) is 25.0. The van der Waals surface area contributed by atoms with E-state index in [1.807, 2.05) is 24.3 Å². The van der Waals surface area contributed by atoms with Gasteiger partial charge in [-0.3, -0.25) is 0 Å². The van der Waals surface area contributed by atoms with E-state index in [1.165, 1.54) is 5.56 Å². The number of halogens is 1. The number of ether oxygens (including phenoxy) is 4. The van der Waals surface area contributed by atoms with E-state index in [4.69, 9.17) is 30.5 Å². The molecular formula is C24H26ClN3O6. The Balaban J connectivity index is 1.78. The Labute approximate surface area is 202 Å². The molecule has 0 radical (unpaired) electrons. The van der Waals surface area contributed by atoms with Crippen molar-refractivity contribution in [1.82, 2.24) is 15.0 Å². The fraction of sp³-hybridized carbons (Fsp3) is 0.333. The van der Waals surface area contributed by atoms with Crippen LogP contribution in [0, 0.1) is 0 Å². The molecule has 0 saturated heterocycles. The molecule has 1 aromatic heterocycles. The lowest BCUT2D eigenvalue weighted by Gasteiger charge is -2.14. The molecule has 3 aromatic rings. The van der Waals surface area contributed by atoms with Crippen LogP contribution in [0.3, 0.4) is 0 Å². The number of hydrogen-bond acceptors (Lipinski definition) is 8. The van der Waals surface area contributed by atoms with Gasteiger partial charge < -0.3 is 18.9 Å². The molecular weight excluding hydrogens is 462 g/mol.